The molecular formula is C10H16FN3O. The molecule has 2 N–H and O–H groups in total. The van der Waals surface area contributed by atoms with Gasteiger partial charge in [0.05, 0.1) is 5.69 Å². The van der Waals surface area contributed by atoms with Crippen LogP contribution in [0.4, 0.5) is 10.2 Å². The van der Waals surface area contributed by atoms with Crippen LogP contribution in [0.15, 0.2) is 6.33 Å². The van der Waals surface area contributed by atoms with Gasteiger partial charge in [0.15, 0.2) is 11.6 Å². The molecule has 0 amide bonds. The van der Waals surface area contributed by atoms with Crippen molar-refractivity contribution in [3.05, 3.63) is 17.8 Å². The van der Waals surface area contributed by atoms with Crippen molar-refractivity contribution in [1.29, 1.82) is 0 Å². The molecule has 1 heterocycles. The molecule has 0 saturated carbocycles. The maximum absolute atomic E-state index is 13.6. The summed E-state index contributed by atoms with van der Waals surface area (Å²) in [6.45, 7) is 3.78. The molecule has 0 radical (unpaired) electrons. The van der Waals surface area contributed by atoms with E-state index in [2.05, 4.69) is 15.3 Å². The molecule has 0 aliphatic rings. The molecule has 0 spiro atoms. The molecule has 1 aromatic heterocycles. The molecule has 1 aromatic rings. The minimum Gasteiger partial charge on any atom is -0.396 e. The average molecular weight is 213 g/mol. The lowest BCUT2D eigenvalue weighted by Crippen LogP contribution is -2.19. The Balaban J connectivity index is 2.76. The Morgan fingerprint density at radius 1 is 1.53 bits per heavy atom. The fourth-order valence-electron chi connectivity index (χ4n) is 1.25. The summed E-state index contributed by atoms with van der Waals surface area (Å²) in [5.74, 6) is -0.187. The van der Waals surface area contributed by atoms with Crippen molar-refractivity contribution in [2.24, 2.45) is 0 Å². The summed E-state index contributed by atoms with van der Waals surface area (Å²) in [6.07, 6.45) is 2.44. The SMILES string of the molecule is CCc1ncnc(NC(C)CCO)c1F. The summed E-state index contributed by atoms with van der Waals surface area (Å²) in [7, 11) is 0. The van der Waals surface area contributed by atoms with Gasteiger partial charge in [-0.05, 0) is 19.8 Å². The first-order valence-corrected chi connectivity index (χ1v) is 5.05. The van der Waals surface area contributed by atoms with E-state index in [0.717, 1.165) is 0 Å². The Morgan fingerprint density at radius 3 is 2.87 bits per heavy atom. The van der Waals surface area contributed by atoms with Crippen molar-refractivity contribution in [3.63, 3.8) is 0 Å². The quantitative estimate of drug-likeness (QED) is 0.775. The van der Waals surface area contributed by atoms with Crippen LogP contribution < -0.4 is 5.32 Å². The second-order valence-electron chi connectivity index (χ2n) is 3.39. The van der Waals surface area contributed by atoms with Crippen molar-refractivity contribution in [2.75, 3.05) is 11.9 Å². The van der Waals surface area contributed by atoms with E-state index in [1.54, 1.807) is 0 Å². The third-order valence-corrected chi connectivity index (χ3v) is 2.14. The molecule has 0 aromatic carbocycles. The zero-order valence-corrected chi connectivity index (χ0v) is 9.00. The smallest absolute Gasteiger partial charge is 0.186 e. The van der Waals surface area contributed by atoms with Crippen molar-refractivity contribution in [2.45, 2.75) is 32.7 Å². The average Bonchev–Trinajstić information content (AvgIpc) is 2.21. The van der Waals surface area contributed by atoms with Gasteiger partial charge in [0, 0.05) is 12.6 Å². The second-order valence-corrected chi connectivity index (χ2v) is 3.39. The molecular weight excluding hydrogens is 197 g/mol. The number of aliphatic hydroxyl groups is 1. The van der Waals surface area contributed by atoms with E-state index < -0.39 is 5.82 Å². The van der Waals surface area contributed by atoms with Crippen molar-refractivity contribution < 1.29 is 9.50 Å². The van der Waals surface area contributed by atoms with Crippen molar-refractivity contribution >= 4 is 5.82 Å². The highest BCUT2D eigenvalue weighted by atomic mass is 19.1. The summed E-state index contributed by atoms with van der Waals surface area (Å²) in [5, 5.41) is 11.6. The topological polar surface area (TPSA) is 58.0 Å². The fraction of sp³-hybridized carbons (Fsp3) is 0.600. The molecule has 4 nitrogen and oxygen atoms in total. The van der Waals surface area contributed by atoms with Crippen LogP contribution in [0, 0.1) is 5.82 Å². The Bertz CT molecular complexity index is 320. The van der Waals surface area contributed by atoms with E-state index >= 15 is 0 Å². The summed E-state index contributed by atoms with van der Waals surface area (Å²) < 4.78 is 13.6. The fourth-order valence-corrected chi connectivity index (χ4v) is 1.25. The number of aliphatic hydroxyl groups excluding tert-OH is 1. The Kier molecular flexibility index (Phi) is 4.42. The number of rotatable bonds is 5. The van der Waals surface area contributed by atoms with Gasteiger partial charge in [0.2, 0.25) is 0 Å². The van der Waals surface area contributed by atoms with Gasteiger partial charge in [-0.1, -0.05) is 6.92 Å². The molecule has 0 saturated heterocycles. The molecule has 0 aliphatic carbocycles. The molecule has 84 valence electrons. The summed E-state index contributed by atoms with van der Waals surface area (Å²) in [4.78, 5) is 7.67. The van der Waals surface area contributed by atoms with Crippen LogP contribution in [0.2, 0.25) is 0 Å². The Labute approximate surface area is 88.6 Å². The van der Waals surface area contributed by atoms with E-state index in [1.165, 1.54) is 6.33 Å². The standard InChI is InChI=1S/C10H16FN3O/c1-3-8-9(11)10(13-6-12-8)14-7(2)4-5-15/h6-7,15H,3-5H2,1-2H3,(H,12,13,14). The largest absolute Gasteiger partial charge is 0.396 e. The van der Waals surface area contributed by atoms with Gasteiger partial charge in [0.25, 0.3) is 0 Å². The van der Waals surface area contributed by atoms with Crippen LogP contribution in [0.3, 0.4) is 0 Å². The van der Waals surface area contributed by atoms with E-state index in [-0.39, 0.29) is 18.5 Å². The lowest BCUT2D eigenvalue weighted by atomic mass is 10.2. The number of hydrogen-bond donors (Lipinski definition) is 2. The predicted molar refractivity (Wildman–Crippen MR) is 56.2 cm³/mol. The van der Waals surface area contributed by atoms with Crippen LogP contribution in [-0.2, 0) is 6.42 Å². The maximum Gasteiger partial charge on any atom is 0.186 e. The van der Waals surface area contributed by atoms with E-state index in [0.29, 0.717) is 18.5 Å². The van der Waals surface area contributed by atoms with E-state index in [9.17, 15) is 4.39 Å². The predicted octanol–water partition coefficient (Wildman–Crippen LogP) is 1.36. The van der Waals surface area contributed by atoms with Gasteiger partial charge in [0.1, 0.15) is 6.33 Å². The van der Waals surface area contributed by atoms with Gasteiger partial charge in [-0.3, -0.25) is 0 Å². The lowest BCUT2D eigenvalue weighted by molar-refractivity contribution is 0.282. The second kappa shape index (κ2) is 5.60. The first-order chi connectivity index (χ1) is 7.19. The highest BCUT2D eigenvalue weighted by Gasteiger charge is 2.11. The minimum atomic E-state index is -0.398. The number of anilines is 1. The first-order valence-electron chi connectivity index (χ1n) is 5.05. The van der Waals surface area contributed by atoms with Crippen LogP contribution in [-0.4, -0.2) is 27.7 Å². The number of aromatic nitrogens is 2. The Morgan fingerprint density at radius 2 is 2.27 bits per heavy atom. The first kappa shape index (κ1) is 11.8. The highest BCUT2D eigenvalue weighted by molar-refractivity contribution is 5.38. The Hall–Kier alpha value is -1.23. The van der Waals surface area contributed by atoms with Gasteiger partial charge >= 0.3 is 0 Å². The van der Waals surface area contributed by atoms with Crippen LogP contribution in [0.5, 0.6) is 0 Å². The van der Waals surface area contributed by atoms with Crippen LogP contribution >= 0.6 is 0 Å². The summed E-state index contributed by atoms with van der Waals surface area (Å²) >= 11 is 0. The number of nitrogens with zero attached hydrogens (tertiary/aromatic N) is 2. The van der Waals surface area contributed by atoms with Gasteiger partial charge in [-0.15, -0.1) is 0 Å². The monoisotopic (exact) mass is 213 g/mol. The molecule has 15 heavy (non-hydrogen) atoms. The molecule has 5 heteroatoms. The zero-order valence-electron chi connectivity index (χ0n) is 9.00. The number of nitrogens with one attached hydrogen (secondary N) is 1. The molecule has 0 fully saturated rings. The third kappa shape index (κ3) is 3.13. The number of hydrogen-bond acceptors (Lipinski definition) is 4. The van der Waals surface area contributed by atoms with Crippen LogP contribution in [0.25, 0.3) is 0 Å². The van der Waals surface area contributed by atoms with E-state index in [4.69, 9.17) is 5.11 Å². The maximum atomic E-state index is 13.6. The zero-order chi connectivity index (χ0) is 11.3. The summed E-state index contributed by atoms with van der Waals surface area (Å²) in [5.41, 5.74) is 0.406. The normalized spacial score (nSPS) is 12.5. The molecule has 1 atom stereocenters. The number of aryl methyl sites for hydroxylation is 1. The van der Waals surface area contributed by atoms with Gasteiger partial charge in [-0.25, -0.2) is 14.4 Å². The lowest BCUT2D eigenvalue weighted by Gasteiger charge is -2.14. The summed E-state index contributed by atoms with van der Waals surface area (Å²) in [6, 6.07) is -0.0101. The van der Waals surface area contributed by atoms with Crippen molar-refractivity contribution in [1.82, 2.24) is 9.97 Å². The molecule has 0 aliphatic heterocycles. The van der Waals surface area contributed by atoms with Gasteiger partial charge in [-0.2, -0.15) is 0 Å². The van der Waals surface area contributed by atoms with Gasteiger partial charge < -0.3 is 10.4 Å². The highest BCUT2D eigenvalue weighted by Crippen LogP contribution is 2.14. The number of halogens is 1. The third-order valence-electron chi connectivity index (χ3n) is 2.14. The minimum absolute atomic E-state index is 0.0101. The van der Waals surface area contributed by atoms with Crippen molar-refractivity contribution in [3.8, 4) is 0 Å². The molecule has 1 unspecified atom stereocenters. The van der Waals surface area contributed by atoms with E-state index in [1.807, 2.05) is 13.8 Å². The molecule has 0 bridgehead atoms. The van der Waals surface area contributed by atoms with Crippen LogP contribution in [0.1, 0.15) is 26.0 Å². The molecule has 1 rings (SSSR count).